The second-order valence-corrected chi connectivity index (χ2v) is 7.32. The number of carbonyl (C=O) groups is 2. The summed E-state index contributed by atoms with van der Waals surface area (Å²) in [6, 6.07) is 16.1. The van der Waals surface area contributed by atoms with Crippen LogP contribution in [-0.2, 0) is 9.59 Å². The molecular formula is C19H17N5O3S. The van der Waals surface area contributed by atoms with Crippen molar-refractivity contribution >= 4 is 45.8 Å². The molecule has 2 aromatic carbocycles. The number of methoxy groups -OCH3 is 1. The third-order valence-corrected chi connectivity index (χ3v) is 5.76. The molecule has 1 unspecified atom stereocenters. The first-order valence-electron chi connectivity index (χ1n) is 8.48. The number of ether oxygens (including phenoxy) is 1. The van der Waals surface area contributed by atoms with Gasteiger partial charge in [-0.3, -0.25) is 20.4 Å². The Morgan fingerprint density at radius 2 is 1.79 bits per heavy atom. The van der Waals surface area contributed by atoms with Gasteiger partial charge in [0.1, 0.15) is 5.75 Å². The van der Waals surface area contributed by atoms with Crippen molar-refractivity contribution in [3.63, 3.8) is 0 Å². The van der Waals surface area contributed by atoms with Crippen LogP contribution in [0.2, 0.25) is 0 Å². The topological polar surface area (TPSA) is 95.4 Å². The van der Waals surface area contributed by atoms with Gasteiger partial charge < -0.3 is 4.74 Å². The predicted octanol–water partition coefficient (Wildman–Crippen LogP) is 2.21. The highest BCUT2D eigenvalue weighted by Crippen LogP contribution is 2.39. The molecule has 0 radical (unpaired) electrons. The van der Waals surface area contributed by atoms with Crippen LogP contribution in [0.25, 0.3) is 0 Å². The molecule has 1 saturated heterocycles. The quantitative estimate of drug-likeness (QED) is 0.777. The molecule has 1 spiro atoms. The van der Waals surface area contributed by atoms with Gasteiger partial charge in [0.25, 0.3) is 11.8 Å². The summed E-state index contributed by atoms with van der Waals surface area (Å²) in [6.07, 6.45) is 0. The smallest absolute Gasteiger partial charge is 0.279 e. The molecule has 1 atom stereocenters. The van der Waals surface area contributed by atoms with Gasteiger partial charge in [0.05, 0.1) is 24.2 Å². The first-order chi connectivity index (χ1) is 13.5. The summed E-state index contributed by atoms with van der Waals surface area (Å²) in [4.78, 5) is 30.4. The van der Waals surface area contributed by atoms with Gasteiger partial charge >= 0.3 is 0 Å². The number of rotatable bonds is 3. The number of nitrogens with zero attached hydrogens (tertiary/aromatic N) is 3. The number of thioether (sulfide) groups is 1. The molecule has 2 N–H and O–H groups in total. The van der Waals surface area contributed by atoms with Crippen molar-refractivity contribution in [2.24, 2.45) is 10.1 Å². The van der Waals surface area contributed by atoms with Crippen LogP contribution in [0.4, 0.5) is 11.4 Å². The molecular weight excluding hydrogens is 378 g/mol. The monoisotopic (exact) mass is 395 g/mol. The Labute approximate surface area is 165 Å². The van der Waals surface area contributed by atoms with Crippen molar-refractivity contribution in [2.75, 3.05) is 12.1 Å². The number of amides is 2. The van der Waals surface area contributed by atoms with Gasteiger partial charge in [0.2, 0.25) is 4.75 Å². The Hall–Kier alpha value is -3.33. The zero-order valence-electron chi connectivity index (χ0n) is 15.2. The maximum Gasteiger partial charge on any atom is 0.279 e. The Morgan fingerprint density at radius 1 is 1.07 bits per heavy atom. The first kappa shape index (κ1) is 18.1. The fourth-order valence-electron chi connectivity index (χ4n) is 2.93. The van der Waals surface area contributed by atoms with Crippen molar-refractivity contribution in [1.82, 2.24) is 10.9 Å². The zero-order valence-corrected chi connectivity index (χ0v) is 16.0. The maximum atomic E-state index is 13.2. The van der Waals surface area contributed by atoms with Gasteiger partial charge in [-0.05, 0) is 43.3 Å². The van der Waals surface area contributed by atoms with Crippen molar-refractivity contribution in [3.05, 3.63) is 54.6 Å². The van der Waals surface area contributed by atoms with Crippen LogP contribution in [0.5, 0.6) is 5.75 Å². The van der Waals surface area contributed by atoms with Crippen LogP contribution in [-0.4, -0.2) is 34.6 Å². The van der Waals surface area contributed by atoms with E-state index in [9.17, 15) is 9.59 Å². The SMILES string of the molecule is COc1ccc(N=C2NNC(=O)C3(S2)C(=O)N(c2ccccc2)N=C3C)cc1. The van der Waals surface area contributed by atoms with Crippen LogP contribution in [0.3, 0.4) is 0 Å². The fraction of sp³-hybridized carbons (Fsp3) is 0.158. The number of hydrazine groups is 1. The zero-order chi connectivity index (χ0) is 19.7. The normalized spacial score (nSPS) is 22.9. The fourth-order valence-corrected chi connectivity index (χ4v) is 3.98. The molecule has 9 heteroatoms. The lowest BCUT2D eigenvalue weighted by Crippen LogP contribution is -2.63. The highest BCUT2D eigenvalue weighted by molar-refractivity contribution is 8.17. The van der Waals surface area contributed by atoms with Gasteiger partial charge in [-0.15, -0.1) is 0 Å². The summed E-state index contributed by atoms with van der Waals surface area (Å²) in [5.41, 5.74) is 6.95. The van der Waals surface area contributed by atoms with E-state index in [0.717, 1.165) is 11.8 Å². The number of benzene rings is 2. The summed E-state index contributed by atoms with van der Waals surface area (Å²) in [5, 5.41) is 6.00. The van der Waals surface area contributed by atoms with Crippen molar-refractivity contribution in [2.45, 2.75) is 11.7 Å². The molecule has 2 aliphatic rings. The molecule has 2 aliphatic heterocycles. The minimum atomic E-state index is -1.49. The third kappa shape index (κ3) is 2.89. The van der Waals surface area contributed by atoms with Crippen LogP contribution >= 0.6 is 11.8 Å². The average molecular weight is 395 g/mol. The molecule has 2 amide bonds. The molecule has 2 heterocycles. The molecule has 4 rings (SSSR count). The van der Waals surface area contributed by atoms with E-state index in [1.165, 1.54) is 5.01 Å². The third-order valence-electron chi connectivity index (χ3n) is 4.41. The minimum Gasteiger partial charge on any atom is -0.497 e. The lowest BCUT2D eigenvalue weighted by Gasteiger charge is -2.31. The van der Waals surface area contributed by atoms with Crippen molar-refractivity contribution < 1.29 is 14.3 Å². The number of para-hydroxylation sites is 1. The number of nitrogens with one attached hydrogen (secondary N) is 2. The molecule has 0 aliphatic carbocycles. The van der Waals surface area contributed by atoms with E-state index in [-0.39, 0.29) is 0 Å². The van der Waals surface area contributed by atoms with Gasteiger partial charge in [0, 0.05) is 0 Å². The van der Waals surface area contributed by atoms with Crippen LogP contribution in [0.1, 0.15) is 6.92 Å². The Morgan fingerprint density at radius 3 is 2.46 bits per heavy atom. The van der Waals surface area contributed by atoms with Crippen LogP contribution in [0.15, 0.2) is 64.7 Å². The highest BCUT2D eigenvalue weighted by Gasteiger charge is 2.59. The lowest BCUT2D eigenvalue weighted by molar-refractivity contribution is -0.129. The van der Waals surface area contributed by atoms with E-state index in [1.54, 1.807) is 50.4 Å². The summed E-state index contributed by atoms with van der Waals surface area (Å²) < 4.78 is 3.65. The first-order valence-corrected chi connectivity index (χ1v) is 9.30. The number of anilines is 1. The Balaban J connectivity index is 1.66. The molecule has 2 aromatic rings. The van der Waals surface area contributed by atoms with Gasteiger partial charge in [-0.2, -0.15) is 10.1 Å². The Kier molecular flexibility index (Phi) is 4.52. The second-order valence-electron chi connectivity index (χ2n) is 6.12. The molecule has 142 valence electrons. The molecule has 28 heavy (non-hydrogen) atoms. The number of amidine groups is 1. The lowest BCUT2D eigenvalue weighted by atomic mass is 10.0. The molecule has 0 bridgehead atoms. The number of aliphatic imine (C=N–C) groups is 1. The Bertz CT molecular complexity index is 990. The van der Waals surface area contributed by atoms with Crippen molar-refractivity contribution in [1.29, 1.82) is 0 Å². The number of hydrogen-bond acceptors (Lipinski definition) is 6. The van der Waals surface area contributed by atoms with E-state index < -0.39 is 16.6 Å². The highest BCUT2D eigenvalue weighted by atomic mass is 32.2. The number of hydrogen-bond donors (Lipinski definition) is 2. The summed E-state index contributed by atoms with van der Waals surface area (Å²) in [7, 11) is 1.59. The van der Waals surface area contributed by atoms with E-state index in [0.29, 0.717) is 28.0 Å². The van der Waals surface area contributed by atoms with E-state index in [4.69, 9.17) is 4.74 Å². The molecule has 1 fully saturated rings. The molecule has 0 saturated carbocycles. The van der Waals surface area contributed by atoms with Crippen molar-refractivity contribution in [3.8, 4) is 5.75 Å². The van der Waals surface area contributed by atoms with Crippen LogP contribution in [0, 0.1) is 0 Å². The molecule has 8 nitrogen and oxygen atoms in total. The van der Waals surface area contributed by atoms with Gasteiger partial charge in [-0.25, -0.2) is 4.99 Å². The number of carbonyl (C=O) groups excluding carboxylic acids is 2. The molecule has 0 aromatic heterocycles. The number of hydrazone groups is 1. The van der Waals surface area contributed by atoms with E-state index >= 15 is 0 Å². The summed E-state index contributed by atoms with van der Waals surface area (Å²) in [5.74, 6) is -0.191. The van der Waals surface area contributed by atoms with Crippen LogP contribution < -0.4 is 20.6 Å². The summed E-state index contributed by atoms with van der Waals surface area (Å²) in [6.45, 7) is 1.67. The van der Waals surface area contributed by atoms with E-state index in [2.05, 4.69) is 20.9 Å². The predicted molar refractivity (Wildman–Crippen MR) is 109 cm³/mol. The minimum absolute atomic E-state index is 0.391. The average Bonchev–Trinajstić information content (AvgIpc) is 2.97. The summed E-state index contributed by atoms with van der Waals surface area (Å²) >= 11 is 1.04. The second kappa shape index (κ2) is 7.01. The van der Waals surface area contributed by atoms with E-state index in [1.807, 2.05) is 18.2 Å². The standard InChI is InChI=1S/C19H17N5O3S/c1-12-19(17(26)24(23-12)14-6-4-3-5-7-14)16(25)21-22-18(28-19)20-13-8-10-15(27-2)11-9-13/h3-11H,1-2H3,(H,20,22)(H,21,25). The largest absolute Gasteiger partial charge is 0.497 e. The maximum absolute atomic E-state index is 13.2. The van der Waals surface area contributed by atoms with Gasteiger partial charge in [-0.1, -0.05) is 30.0 Å². The van der Waals surface area contributed by atoms with Gasteiger partial charge in [0.15, 0.2) is 5.17 Å².